The lowest BCUT2D eigenvalue weighted by molar-refractivity contribution is 0.614. The second kappa shape index (κ2) is 2.84. The Morgan fingerprint density at radius 3 is 1.62 bits per heavy atom. The molecule has 0 rings (SSSR count). The van der Waals surface area contributed by atoms with Crippen LogP contribution in [0.2, 0.25) is 0 Å². The summed E-state index contributed by atoms with van der Waals surface area (Å²) in [6, 6.07) is 0. The number of hydrogen-bond acceptors (Lipinski definition) is 1. The predicted molar refractivity (Wildman–Crippen MR) is 36.7 cm³/mol. The first-order chi connectivity index (χ1) is 2.94. The summed E-state index contributed by atoms with van der Waals surface area (Å²) in [4.78, 5) is 0. The largest absolute Gasteiger partial charge is 0.412 e. The van der Waals surface area contributed by atoms with Crippen molar-refractivity contribution in [3.05, 3.63) is 12.2 Å². The summed E-state index contributed by atoms with van der Waals surface area (Å²) in [5.41, 5.74) is 6.41. The standard InChI is InChI=1S/C6H13N.H2O/c1-5(2)6(3,4)7;/h1,7H2,2-4H3;1H2. The monoisotopic (exact) mass is 117 g/mol. The van der Waals surface area contributed by atoms with E-state index in [1.807, 2.05) is 20.8 Å². The van der Waals surface area contributed by atoms with Gasteiger partial charge in [-0.2, -0.15) is 0 Å². The molecule has 0 spiro atoms. The maximum atomic E-state index is 5.58. The van der Waals surface area contributed by atoms with E-state index >= 15 is 0 Å². The Kier molecular flexibility index (Phi) is 3.77. The maximum Gasteiger partial charge on any atom is 0.0306 e. The molecule has 0 aliphatic heterocycles. The Morgan fingerprint density at radius 1 is 1.50 bits per heavy atom. The highest BCUT2D eigenvalue weighted by molar-refractivity contribution is 5.07. The van der Waals surface area contributed by atoms with Crippen LogP contribution in [-0.4, -0.2) is 11.0 Å². The van der Waals surface area contributed by atoms with Gasteiger partial charge in [-0.3, -0.25) is 0 Å². The lowest BCUT2D eigenvalue weighted by atomic mass is 9.99. The highest BCUT2D eigenvalue weighted by Crippen LogP contribution is 2.06. The van der Waals surface area contributed by atoms with Crippen molar-refractivity contribution < 1.29 is 5.48 Å². The van der Waals surface area contributed by atoms with Gasteiger partial charge in [0.05, 0.1) is 0 Å². The van der Waals surface area contributed by atoms with Gasteiger partial charge in [-0.25, -0.2) is 0 Å². The van der Waals surface area contributed by atoms with Gasteiger partial charge in [-0.15, -0.1) is 0 Å². The zero-order chi connectivity index (χ0) is 6.08. The van der Waals surface area contributed by atoms with Gasteiger partial charge in [0, 0.05) is 5.54 Å². The predicted octanol–water partition coefficient (Wildman–Crippen LogP) is 0.475. The fourth-order valence-corrected chi connectivity index (χ4v) is 0. The van der Waals surface area contributed by atoms with Crippen molar-refractivity contribution in [2.75, 3.05) is 0 Å². The van der Waals surface area contributed by atoms with Crippen LogP contribution in [0, 0.1) is 0 Å². The molecule has 0 aromatic heterocycles. The lowest BCUT2D eigenvalue weighted by Gasteiger charge is -2.17. The molecule has 50 valence electrons. The van der Waals surface area contributed by atoms with Crippen molar-refractivity contribution in [3.63, 3.8) is 0 Å². The molecular weight excluding hydrogens is 102 g/mol. The summed E-state index contributed by atoms with van der Waals surface area (Å²) < 4.78 is 0. The van der Waals surface area contributed by atoms with Gasteiger partial charge < -0.3 is 11.2 Å². The van der Waals surface area contributed by atoms with Crippen LogP contribution in [0.4, 0.5) is 0 Å². The maximum absolute atomic E-state index is 5.58. The highest BCUT2D eigenvalue weighted by Gasteiger charge is 2.08. The Bertz CT molecular complexity index is 81.0. The minimum Gasteiger partial charge on any atom is -0.412 e. The molecule has 0 radical (unpaired) electrons. The van der Waals surface area contributed by atoms with E-state index in [2.05, 4.69) is 6.58 Å². The van der Waals surface area contributed by atoms with E-state index in [1.54, 1.807) is 0 Å². The van der Waals surface area contributed by atoms with Crippen molar-refractivity contribution in [2.24, 2.45) is 5.73 Å². The normalized spacial score (nSPS) is 10.0. The molecule has 8 heavy (non-hydrogen) atoms. The SMILES string of the molecule is C=C(C)C(C)(C)N.O. The first-order valence-corrected chi connectivity index (χ1v) is 2.39. The summed E-state index contributed by atoms with van der Waals surface area (Å²) in [5, 5.41) is 0. The number of rotatable bonds is 1. The van der Waals surface area contributed by atoms with Crippen LogP contribution in [0.15, 0.2) is 12.2 Å². The van der Waals surface area contributed by atoms with Gasteiger partial charge in [-0.05, 0) is 20.8 Å². The van der Waals surface area contributed by atoms with Crippen molar-refractivity contribution >= 4 is 0 Å². The van der Waals surface area contributed by atoms with Gasteiger partial charge in [0.2, 0.25) is 0 Å². The molecular formula is C6H15NO. The molecule has 0 saturated heterocycles. The molecule has 0 amide bonds. The average Bonchev–Trinajstić information content (AvgIpc) is 1.31. The van der Waals surface area contributed by atoms with E-state index in [-0.39, 0.29) is 11.0 Å². The van der Waals surface area contributed by atoms with Gasteiger partial charge in [-0.1, -0.05) is 12.2 Å². The first-order valence-electron chi connectivity index (χ1n) is 2.39. The molecule has 4 N–H and O–H groups in total. The molecule has 2 nitrogen and oxygen atoms in total. The molecule has 2 heteroatoms. The lowest BCUT2D eigenvalue weighted by Crippen LogP contribution is -2.32. The molecule has 0 bridgehead atoms. The quantitative estimate of drug-likeness (QED) is 0.499. The van der Waals surface area contributed by atoms with Crippen molar-refractivity contribution in [1.82, 2.24) is 0 Å². The number of nitrogens with two attached hydrogens (primary N) is 1. The molecule has 0 heterocycles. The van der Waals surface area contributed by atoms with Crippen LogP contribution >= 0.6 is 0 Å². The minimum atomic E-state index is -0.194. The summed E-state index contributed by atoms with van der Waals surface area (Å²) in [6.45, 7) is 9.51. The fraction of sp³-hybridized carbons (Fsp3) is 0.667. The molecule has 0 aromatic rings. The summed E-state index contributed by atoms with van der Waals surface area (Å²) in [6.07, 6.45) is 0. The smallest absolute Gasteiger partial charge is 0.0306 e. The number of hydrogen-bond donors (Lipinski definition) is 1. The Balaban J connectivity index is 0. The van der Waals surface area contributed by atoms with Gasteiger partial charge >= 0.3 is 0 Å². The Morgan fingerprint density at radius 2 is 1.62 bits per heavy atom. The van der Waals surface area contributed by atoms with Crippen molar-refractivity contribution in [2.45, 2.75) is 26.3 Å². The van der Waals surface area contributed by atoms with Crippen molar-refractivity contribution in [1.29, 1.82) is 0 Å². The van der Waals surface area contributed by atoms with Crippen LogP contribution in [0.5, 0.6) is 0 Å². The molecule has 0 unspecified atom stereocenters. The molecule has 0 aliphatic carbocycles. The Labute approximate surface area is 50.7 Å². The summed E-state index contributed by atoms with van der Waals surface area (Å²) in [7, 11) is 0. The molecule has 0 atom stereocenters. The fourth-order valence-electron chi connectivity index (χ4n) is 0. The zero-order valence-electron chi connectivity index (χ0n) is 5.78. The van der Waals surface area contributed by atoms with Crippen LogP contribution in [-0.2, 0) is 0 Å². The van der Waals surface area contributed by atoms with Gasteiger partial charge in [0.1, 0.15) is 0 Å². The topological polar surface area (TPSA) is 57.5 Å². The van der Waals surface area contributed by atoms with E-state index in [0.29, 0.717) is 0 Å². The second-order valence-corrected chi connectivity index (χ2v) is 2.50. The second-order valence-electron chi connectivity index (χ2n) is 2.50. The average molecular weight is 117 g/mol. The van der Waals surface area contributed by atoms with Crippen molar-refractivity contribution in [3.8, 4) is 0 Å². The van der Waals surface area contributed by atoms with E-state index in [0.717, 1.165) is 5.57 Å². The highest BCUT2D eigenvalue weighted by atomic mass is 16.0. The van der Waals surface area contributed by atoms with Crippen LogP contribution in [0.1, 0.15) is 20.8 Å². The third-order valence-electron chi connectivity index (χ3n) is 1.10. The first kappa shape index (κ1) is 10.6. The van der Waals surface area contributed by atoms with Gasteiger partial charge in [0.25, 0.3) is 0 Å². The zero-order valence-corrected chi connectivity index (χ0v) is 5.78. The van der Waals surface area contributed by atoms with E-state index in [4.69, 9.17) is 5.73 Å². The summed E-state index contributed by atoms with van der Waals surface area (Å²) in [5.74, 6) is 0. The van der Waals surface area contributed by atoms with Crippen LogP contribution < -0.4 is 5.73 Å². The van der Waals surface area contributed by atoms with E-state index < -0.39 is 0 Å². The minimum absolute atomic E-state index is 0. The molecule has 0 saturated carbocycles. The molecule has 0 aromatic carbocycles. The Hall–Kier alpha value is -0.340. The van der Waals surface area contributed by atoms with Crippen LogP contribution in [0.25, 0.3) is 0 Å². The summed E-state index contributed by atoms with van der Waals surface area (Å²) >= 11 is 0. The molecule has 0 fully saturated rings. The van der Waals surface area contributed by atoms with Gasteiger partial charge in [0.15, 0.2) is 0 Å². The van der Waals surface area contributed by atoms with Crippen LogP contribution in [0.3, 0.4) is 0 Å². The van der Waals surface area contributed by atoms with E-state index in [9.17, 15) is 0 Å². The van der Waals surface area contributed by atoms with E-state index in [1.165, 1.54) is 0 Å². The third kappa shape index (κ3) is 3.84. The third-order valence-corrected chi connectivity index (χ3v) is 1.10. The molecule has 0 aliphatic rings.